The second kappa shape index (κ2) is 4.01. The van der Waals surface area contributed by atoms with Gasteiger partial charge in [0.05, 0.1) is 24.9 Å². The predicted molar refractivity (Wildman–Crippen MR) is 61.3 cm³/mol. The Morgan fingerprint density at radius 2 is 2.11 bits per heavy atom. The highest BCUT2D eigenvalue weighted by atomic mass is 15.1. The Morgan fingerprint density at radius 1 is 1.28 bits per heavy atom. The third-order valence-electron chi connectivity index (χ3n) is 3.07. The van der Waals surface area contributed by atoms with Gasteiger partial charge in [-0.1, -0.05) is 0 Å². The lowest BCUT2D eigenvalue weighted by Crippen LogP contribution is -2.07. The highest BCUT2D eigenvalue weighted by molar-refractivity contribution is 5.36. The molecule has 0 spiro atoms. The van der Waals surface area contributed by atoms with E-state index in [9.17, 15) is 0 Å². The summed E-state index contributed by atoms with van der Waals surface area (Å²) < 4.78 is 3.82. The van der Waals surface area contributed by atoms with Gasteiger partial charge in [0.1, 0.15) is 12.1 Å². The molecule has 1 aliphatic rings. The monoisotopic (exact) mass is 238 g/mol. The van der Waals surface area contributed by atoms with Crippen molar-refractivity contribution in [3.05, 3.63) is 35.9 Å². The van der Waals surface area contributed by atoms with Crippen LogP contribution in [0, 0.1) is 22.7 Å². The molecule has 1 aliphatic carbocycles. The molecule has 1 fully saturated rings. The zero-order valence-electron chi connectivity index (χ0n) is 9.61. The molecule has 18 heavy (non-hydrogen) atoms. The summed E-state index contributed by atoms with van der Waals surface area (Å²) in [6, 6.07) is 4.49. The highest BCUT2D eigenvalue weighted by Gasteiger charge is 2.25. The fourth-order valence-corrected chi connectivity index (χ4v) is 2.01. The molecule has 0 atom stereocenters. The van der Waals surface area contributed by atoms with E-state index >= 15 is 0 Å². The minimum Gasteiger partial charge on any atom is -0.330 e. The van der Waals surface area contributed by atoms with Gasteiger partial charge in [-0.3, -0.25) is 0 Å². The second-order valence-corrected chi connectivity index (χ2v) is 4.32. The molecule has 0 aromatic carbocycles. The first-order chi connectivity index (χ1) is 8.83. The topological polar surface area (TPSA) is 83.2 Å². The Balaban J connectivity index is 1.93. The van der Waals surface area contributed by atoms with Crippen LogP contribution in [0.25, 0.3) is 0 Å². The molecule has 0 saturated heterocycles. The van der Waals surface area contributed by atoms with Crippen LogP contribution in [0.15, 0.2) is 18.9 Å². The van der Waals surface area contributed by atoms with Crippen molar-refractivity contribution in [1.82, 2.24) is 19.1 Å². The van der Waals surface area contributed by atoms with Gasteiger partial charge in [0, 0.05) is 12.2 Å². The quantitative estimate of drug-likeness (QED) is 0.804. The van der Waals surface area contributed by atoms with Crippen LogP contribution >= 0.6 is 0 Å². The molecule has 0 aliphatic heterocycles. The predicted octanol–water partition coefficient (Wildman–Crippen LogP) is 1.21. The summed E-state index contributed by atoms with van der Waals surface area (Å²) in [5, 5.41) is 17.9. The number of hydrogen-bond acceptors (Lipinski definition) is 4. The van der Waals surface area contributed by atoms with Crippen molar-refractivity contribution in [2.45, 2.75) is 25.4 Å². The number of rotatable bonds is 3. The summed E-state index contributed by atoms with van der Waals surface area (Å²) >= 11 is 0. The minimum atomic E-state index is 0.176. The first-order valence-electron chi connectivity index (χ1n) is 5.69. The Hall–Kier alpha value is -2.60. The van der Waals surface area contributed by atoms with E-state index in [0.29, 0.717) is 18.3 Å². The SMILES string of the molecule is N#Cc1ncn(Cc2cncn2C2CC2)c1C#N. The van der Waals surface area contributed by atoms with Crippen LogP contribution in [0.5, 0.6) is 0 Å². The number of imidazole rings is 2. The van der Waals surface area contributed by atoms with Crippen LogP contribution in [-0.4, -0.2) is 19.1 Å². The lowest BCUT2D eigenvalue weighted by atomic mass is 10.3. The molecule has 88 valence electrons. The van der Waals surface area contributed by atoms with Crippen LogP contribution < -0.4 is 0 Å². The molecular formula is C12H10N6. The average Bonchev–Trinajstić information content (AvgIpc) is 3.00. The summed E-state index contributed by atoms with van der Waals surface area (Å²) in [6.45, 7) is 0.522. The Kier molecular flexibility index (Phi) is 2.35. The molecule has 0 N–H and O–H groups in total. The average molecular weight is 238 g/mol. The molecule has 0 bridgehead atoms. The first kappa shape index (κ1) is 10.5. The summed E-state index contributed by atoms with van der Waals surface area (Å²) in [5.41, 5.74) is 1.52. The lowest BCUT2D eigenvalue weighted by Gasteiger charge is -2.07. The third kappa shape index (κ3) is 1.64. The van der Waals surface area contributed by atoms with Gasteiger partial charge in [0.25, 0.3) is 0 Å². The molecular weight excluding hydrogens is 228 g/mol. The first-order valence-corrected chi connectivity index (χ1v) is 5.69. The van der Waals surface area contributed by atoms with Gasteiger partial charge < -0.3 is 9.13 Å². The van der Waals surface area contributed by atoms with Crippen molar-refractivity contribution >= 4 is 0 Å². The summed E-state index contributed by atoms with van der Waals surface area (Å²) in [7, 11) is 0. The standard InChI is InChI=1S/C12H10N6/c13-3-11-12(4-14)17(8-16-11)6-10-5-15-7-18(10)9-1-2-9/h5,7-9H,1-2,6H2. The van der Waals surface area contributed by atoms with Gasteiger partial charge in [-0.25, -0.2) is 9.97 Å². The van der Waals surface area contributed by atoms with Crippen LogP contribution in [0.2, 0.25) is 0 Å². The van der Waals surface area contributed by atoms with E-state index in [0.717, 1.165) is 5.69 Å². The van der Waals surface area contributed by atoms with Crippen molar-refractivity contribution < 1.29 is 0 Å². The maximum Gasteiger partial charge on any atom is 0.176 e. The molecule has 6 nitrogen and oxygen atoms in total. The van der Waals surface area contributed by atoms with Crippen LogP contribution in [0.1, 0.15) is 36.0 Å². The van der Waals surface area contributed by atoms with E-state index in [1.807, 2.05) is 18.5 Å². The number of nitriles is 2. The molecule has 0 radical (unpaired) electrons. The van der Waals surface area contributed by atoms with Gasteiger partial charge in [-0.2, -0.15) is 10.5 Å². The largest absolute Gasteiger partial charge is 0.330 e. The summed E-state index contributed by atoms with van der Waals surface area (Å²) in [5.74, 6) is 0. The van der Waals surface area contributed by atoms with E-state index in [2.05, 4.69) is 14.5 Å². The zero-order valence-corrected chi connectivity index (χ0v) is 9.61. The molecule has 1 saturated carbocycles. The van der Waals surface area contributed by atoms with E-state index in [1.54, 1.807) is 10.8 Å². The number of aromatic nitrogens is 4. The Bertz CT molecular complexity index is 662. The van der Waals surface area contributed by atoms with Crippen molar-refractivity contribution in [3.63, 3.8) is 0 Å². The summed E-state index contributed by atoms with van der Waals surface area (Å²) in [6.07, 6.45) is 7.51. The molecule has 2 heterocycles. The van der Waals surface area contributed by atoms with Crippen LogP contribution in [-0.2, 0) is 6.54 Å². The third-order valence-corrected chi connectivity index (χ3v) is 3.07. The molecule has 2 aromatic rings. The molecule has 0 unspecified atom stereocenters. The second-order valence-electron chi connectivity index (χ2n) is 4.32. The molecule has 6 heteroatoms. The fraction of sp³-hybridized carbons (Fsp3) is 0.333. The molecule has 0 amide bonds. The zero-order chi connectivity index (χ0) is 12.5. The van der Waals surface area contributed by atoms with E-state index in [4.69, 9.17) is 10.5 Å². The minimum absolute atomic E-state index is 0.176. The van der Waals surface area contributed by atoms with Gasteiger partial charge in [0.15, 0.2) is 11.4 Å². The van der Waals surface area contributed by atoms with Crippen molar-refractivity contribution in [3.8, 4) is 12.1 Å². The number of hydrogen-bond donors (Lipinski definition) is 0. The maximum atomic E-state index is 9.05. The molecule has 3 rings (SSSR count). The van der Waals surface area contributed by atoms with Crippen LogP contribution in [0.4, 0.5) is 0 Å². The fourth-order valence-electron chi connectivity index (χ4n) is 2.01. The van der Waals surface area contributed by atoms with Gasteiger partial charge >= 0.3 is 0 Å². The van der Waals surface area contributed by atoms with Gasteiger partial charge in [-0.05, 0) is 12.8 Å². The van der Waals surface area contributed by atoms with E-state index in [-0.39, 0.29) is 5.69 Å². The normalized spacial score (nSPS) is 14.1. The van der Waals surface area contributed by atoms with Gasteiger partial charge in [0.2, 0.25) is 0 Å². The van der Waals surface area contributed by atoms with Crippen LogP contribution in [0.3, 0.4) is 0 Å². The van der Waals surface area contributed by atoms with Crippen molar-refractivity contribution in [1.29, 1.82) is 10.5 Å². The lowest BCUT2D eigenvalue weighted by molar-refractivity contribution is 0.653. The maximum absolute atomic E-state index is 9.05. The van der Waals surface area contributed by atoms with E-state index in [1.165, 1.54) is 19.2 Å². The van der Waals surface area contributed by atoms with Crippen molar-refractivity contribution in [2.24, 2.45) is 0 Å². The molecule has 2 aromatic heterocycles. The summed E-state index contributed by atoms with van der Waals surface area (Å²) in [4.78, 5) is 8.07. The highest BCUT2D eigenvalue weighted by Crippen LogP contribution is 2.35. The smallest absolute Gasteiger partial charge is 0.176 e. The Morgan fingerprint density at radius 3 is 2.78 bits per heavy atom. The van der Waals surface area contributed by atoms with Gasteiger partial charge in [-0.15, -0.1) is 0 Å². The van der Waals surface area contributed by atoms with E-state index < -0.39 is 0 Å². The number of nitrogens with zero attached hydrogens (tertiary/aromatic N) is 6. The Labute approximate surface area is 104 Å². The van der Waals surface area contributed by atoms with Crippen molar-refractivity contribution in [2.75, 3.05) is 0 Å².